The first kappa shape index (κ1) is 13.5. The maximum Gasteiger partial charge on any atom is 0.157 e. The molecular weight excluding hydrogens is 276 g/mol. The highest BCUT2D eigenvalue weighted by atomic mass is 35.5. The standard InChI is InChI=1S/C14H17ClN4O/c15-10-14(7-4-8-20-11-14)9-13-16-17-18-19(13)12-5-2-1-3-6-12/h1-3,5-6H,4,7-11H2. The van der Waals surface area contributed by atoms with Gasteiger partial charge in [-0.15, -0.1) is 16.7 Å². The molecule has 0 spiro atoms. The molecule has 0 N–H and O–H groups in total. The first-order valence-electron chi connectivity index (χ1n) is 6.79. The molecule has 0 aliphatic carbocycles. The van der Waals surface area contributed by atoms with Crippen LogP contribution in [0.5, 0.6) is 0 Å². The van der Waals surface area contributed by atoms with Gasteiger partial charge in [0.2, 0.25) is 0 Å². The zero-order valence-electron chi connectivity index (χ0n) is 11.2. The maximum atomic E-state index is 6.19. The molecule has 1 unspecified atom stereocenters. The number of alkyl halides is 1. The Kier molecular flexibility index (Phi) is 3.98. The summed E-state index contributed by atoms with van der Waals surface area (Å²) in [5.74, 6) is 1.40. The van der Waals surface area contributed by atoms with Gasteiger partial charge in [-0.05, 0) is 35.4 Å². The maximum absolute atomic E-state index is 6.19. The molecule has 0 saturated carbocycles. The van der Waals surface area contributed by atoms with E-state index >= 15 is 0 Å². The zero-order valence-corrected chi connectivity index (χ0v) is 12.0. The fourth-order valence-electron chi connectivity index (χ4n) is 2.62. The highest BCUT2D eigenvalue weighted by Gasteiger charge is 2.34. The van der Waals surface area contributed by atoms with Crippen molar-refractivity contribution in [1.29, 1.82) is 0 Å². The van der Waals surface area contributed by atoms with E-state index in [4.69, 9.17) is 16.3 Å². The van der Waals surface area contributed by atoms with Crippen LogP contribution in [0, 0.1) is 5.41 Å². The van der Waals surface area contributed by atoms with Gasteiger partial charge in [0, 0.05) is 24.3 Å². The van der Waals surface area contributed by atoms with E-state index in [1.807, 2.05) is 30.3 Å². The second-order valence-corrected chi connectivity index (χ2v) is 5.58. The van der Waals surface area contributed by atoms with Gasteiger partial charge >= 0.3 is 0 Å². The third-order valence-corrected chi connectivity index (χ3v) is 4.32. The number of para-hydroxylation sites is 1. The van der Waals surface area contributed by atoms with E-state index in [0.29, 0.717) is 12.5 Å². The Labute approximate surface area is 122 Å². The first-order valence-corrected chi connectivity index (χ1v) is 7.33. The van der Waals surface area contributed by atoms with E-state index in [9.17, 15) is 0 Å². The normalized spacial score (nSPS) is 22.9. The number of rotatable bonds is 4. The van der Waals surface area contributed by atoms with Crippen molar-refractivity contribution in [3.8, 4) is 5.69 Å². The van der Waals surface area contributed by atoms with Gasteiger partial charge in [-0.3, -0.25) is 0 Å². The lowest BCUT2D eigenvalue weighted by Crippen LogP contribution is -2.36. The number of hydrogen-bond donors (Lipinski definition) is 0. The number of hydrogen-bond acceptors (Lipinski definition) is 4. The molecule has 1 saturated heterocycles. The monoisotopic (exact) mass is 292 g/mol. The Morgan fingerprint density at radius 3 is 2.85 bits per heavy atom. The number of aromatic nitrogens is 4. The number of nitrogens with zero attached hydrogens (tertiary/aromatic N) is 4. The molecule has 1 aromatic heterocycles. The van der Waals surface area contributed by atoms with Crippen LogP contribution < -0.4 is 0 Å². The van der Waals surface area contributed by atoms with Crippen molar-refractivity contribution in [1.82, 2.24) is 20.2 Å². The van der Waals surface area contributed by atoms with Crippen LogP contribution in [-0.2, 0) is 11.2 Å². The van der Waals surface area contributed by atoms with Crippen LogP contribution in [0.25, 0.3) is 5.69 Å². The number of ether oxygens (including phenoxy) is 1. The molecule has 1 fully saturated rings. The second kappa shape index (κ2) is 5.89. The molecule has 0 amide bonds. The van der Waals surface area contributed by atoms with E-state index < -0.39 is 0 Å². The van der Waals surface area contributed by atoms with E-state index in [2.05, 4.69) is 15.5 Å². The van der Waals surface area contributed by atoms with Gasteiger partial charge in [-0.2, -0.15) is 4.68 Å². The molecule has 20 heavy (non-hydrogen) atoms. The van der Waals surface area contributed by atoms with Crippen LogP contribution in [0.4, 0.5) is 0 Å². The summed E-state index contributed by atoms with van der Waals surface area (Å²) >= 11 is 6.19. The minimum Gasteiger partial charge on any atom is -0.381 e. The summed E-state index contributed by atoms with van der Waals surface area (Å²) in [6.07, 6.45) is 2.83. The summed E-state index contributed by atoms with van der Waals surface area (Å²) in [7, 11) is 0. The molecule has 2 heterocycles. The van der Waals surface area contributed by atoms with Gasteiger partial charge in [0.15, 0.2) is 5.82 Å². The molecule has 106 valence electrons. The third kappa shape index (κ3) is 2.69. The first-order chi connectivity index (χ1) is 9.83. The van der Waals surface area contributed by atoms with Crippen molar-refractivity contribution in [3.05, 3.63) is 36.2 Å². The van der Waals surface area contributed by atoms with Crippen LogP contribution in [0.15, 0.2) is 30.3 Å². The molecule has 3 rings (SSSR count). The molecule has 0 bridgehead atoms. The summed E-state index contributed by atoms with van der Waals surface area (Å²) in [4.78, 5) is 0. The summed E-state index contributed by atoms with van der Waals surface area (Å²) in [6, 6.07) is 9.90. The Bertz CT molecular complexity index is 551. The summed E-state index contributed by atoms with van der Waals surface area (Å²) < 4.78 is 7.39. The SMILES string of the molecule is ClCC1(Cc2nnnn2-c2ccccc2)CCCOC1. The lowest BCUT2D eigenvalue weighted by atomic mass is 9.81. The lowest BCUT2D eigenvalue weighted by Gasteiger charge is -2.34. The predicted molar refractivity (Wildman–Crippen MR) is 76.1 cm³/mol. The van der Waals surface area contributed by atoms with Gasteiger partial charge in [-0.25, -0.2) is 0 Å². The van der Waals surface area contributed by atoms with Crippen LogP contribution >= 0.6 is 11.6 Å². The fourth-order valence-corrected chi connectivity index (χ4v) is 2.93. The minimum atomic E-state index is -0.0545. The van der Waals surface area contributed by atoms with Crippen molar-refractivity contribution in [2.45, 2.75) is 19.3 Å². The van der Waals surface area contributed by atoms with Crippen LogP contribution in [0.2, 0.25) is 0 Å². The number of benzene rings is 1. The van der Waals surface area contributed by atoms with Crippen LogP contribution in [0.3, 0.4) is 0 Å². The van der Waals surface area contributed by atoms with Gasteiger partial charge < -0.3 is 4.74 Å². The molecule has 1 aromatic carbocycles. The number of tetrazole rings is 1. The van der Waals surface area contributed by atoms with Crippen LogP contribution in [0.1, 0.15) is 18.7 Å². The quantitative estimate of drug-likeness (QED) is 0.811. The Hall–Kier alpha value is -1.46. The van der Waals surface area contributed by atoms with Crippen LogP contribution in [-0.4, -0.2) is 39.3 Å². The molecule has 1 atom stereocenters. The van der Waals surface area contributed by atoms with E-state index in [0.717, 1.165) is 37.4 Å². The van der Waals surface area contributed by atoms with E-state index in [-0.39, 0.29) is 5.41 Å². The average molecular weight is 293 g/mol. The molecule has 1 aliphatic heterocycles. The largest absolute Gasteiger partial charge is 0.381 e. The van der Waals surface area contributed by atoms with E-state index in [1.54, 1.807) is 4.68 Å². The summed E-state index contributed by atoms with van der Waals surface area (Å²) in [5.41, 5.74) is 0.912. The third-order valence-electron chi connectivity index (χ3n) is 3.76. The van der Waals surface area contributed by atoms with Crippen molar-refractivity contribution in [2.75, 3.05) is 19.1 Å². The van der Waals surface area contributed by atoms with Crippen molar-refractivity contribution < 1.29 is 4.74 Å². The summed E-state index contributed by atoms with van der Waals surface area (Å²) in [5, 5.41) is 12.1. The fraction of sp³-hybridized carbons (Fsp3) is 0.500. The second-order valence-electron chi connectivity index (χ2n) is 5.31. The van der Waals surface area contributed by atoms with Gasteiger partial charge in [-0.1, -0.05) is 18.2 Å². The molecule has 1 aliphatic rings. The van der Waals surface area contributed by atoms with Crippen molar-refractivity contribution in [3.63, 3.8) is 0 Å². The zero-order chi connectivity index (χ0) is 13.8. The molecule has 6 heteroatoms. The molecular formula is C14H17ClN4O. The molecule has 2 aromatic rings. The van der Waals surface area contributed by atoms with E-state index in [1.165, 1.54) is 0 Å². The smallest absolute Gasteiger partial charge is 0.157 e. The Morgan fingerprint density at radius 2 is 2.15 bits per heavy atom. The topological polar surface area (TPSA) is 52.8 Å². The minimum absolute atomic E-state index is 0.0545. The Balaban J connectivity index is 1.86. The highest BCUT2D eigenvalue weighted by molar-refractivity contribution is 6.18. The number of halogens is 1. The average Bonchev–Trinajstić information content (AvgIpc) is 2.97. The molecule has 5 nitrogen and oxygen atoms in total. The van der Waals surface area contributed by atoms with Crippen molar-refractivity contribution in [2.24, 2.45) is 5.41 Å². The molecule has 0 radical (unpaired) electrons. The van der Waals surface area contributed by atoms with Crippen molar-refractivity contribution >= 4 is 11.6 Å². The lowest BCUT2D eigenvalue weighted by molar-refractivity contribution is 0.00353. The van der Waals surface area contributed by atoms with Gasteiger partial charge in [0.25, 0.3) is 0 Å². The van der Waals surface area contributed by atoms with Gasteiger partial charge in [0.1, 0.15) is 0 Å². The van der Waals surface area contributed by atoms with Gasteiger partial charge in [0.05, 0.1) is 12.3 Å². The Morgan fingerprint density at radius 1 is 1.30 bits per heavy atom. The highest BCUT2D eigenvalue weighted by Crippen LogP contribution is 2.33. The summed E-state index contributed by atoms with van der Waals surface area (Å²) in [6.45, 7) is 1.50. The predicted octanol–water partition coefficient (Wildman–Crippen LogP) is 2.24.